The number of esters is 1. The molecule has 0 aromatic heterocycles. The molecule has 20 heavy (non-hydrogen) atoms. The van der Waals surface area contributed by atoms with Crippen LogP contribution in [0.5, 0.6) is 0 Å². The maximum atomic E-state index is 12.2. The third-order valence-electron chi connectivity index (χ3n) is 2.58. The second-order valence-corrected chi connectivity index (χ2v) is 6.92. The lowest BCUT2D eigenvalue weighted by atomic mass is 10.1. The van der Waals surface area contributed by atoms with E-state index in [1.54, 1.807) is 13.8 Å². The Morgan fingerprint density at radius 3 is 2.50 bits per heavy atom. The Bertz CT molecular complexity index is 614. The SMILES string of the molecule is COC(=O)c1ccc(S(=O)(=O)NC(C)(C)CN)cc1Cl. The zero-order chi connectivity index (χ0) is 15.6. The minimum atomic E-state index is -3.77. The molecule has 1 aromatic carbocycles. The molecule has 0 aliphatic heterocycles. The molecule has 0 saturated carbocycles. The number of carbonyl (C=O) groups excluding carboxylic acids is 1. The second-order valence-electron chi connectivity index (χ2n) is 4.83. The van der Waals surface area contributed by atoms with Gasteiger partial charge in [0.25, 0.3) is 0 Å². The summed E-state index contributed by atoms with van der Waals surface area (Å²) in [5, 5.41) is 0.00489. The molecule has 3 N–H and O–H groups in total. The average Bonchev–Trinajstić information content (AvgIpc) is 2.36. The van der Waals surface area contributed by atoms with Crippen molar-refractivity contribution in [1.82, 2.24) is 4.72 Å². The molecule has 1 rings (SSSR count). The highest BCUT2D eigenvalue weighted by atomic mass is 35.5. The molecule has 0 radical (unpaired) electrons. The summed E-state index contributed by atoms with van der Waals surface area (Å²) in [5.74, 6) is -0.630. The van der Waals surface area contributed by atoms with Gasteiger partial charge in [0, 0.05) is 12.1 Å². The van der Waals surface area contributed by atoms with E-state index in [0.29, 0.717) is 0 Å². The van der Waals surface area contributed by atoms with Crippen LogP contribution in [0.4, 0.5) is 0 Å². The molecular weight excluding hydrogens is 304 g/mol. The van der Waals surface area contributed by atoms with Crippen molar-refractivity contribution in [2.75, 3.05) is 13.7 Å². The van der Waals surface area contributed by atoms with Crippen LogP contribution in [0.15, 0.2) is 23.1 Å². The highest BCUT2D eigenvalue weighted by Crippen LogP contribution is 2.22. The van der Waals surface area contributed by atoms with Gasteiger partial charge in [0.2, 0.25) is 10.0 Å². The smallest absolute Gasteiger partial charge is 0.339 e. The molecule has 6 nitrogen and oxygen atoms in total. The Labute approximate surface area is 123 Å². The third-order valence-corrected chi connectivity index (χ3v) is 4.59. The van der Waals surface area contributed by atoms with Crippen molar-refractivity contribution in [3.8, 4) is 0 Å². The number of hydrogen-bond acceptors (Lipinski definition) is 5. The van der Waals surface area contributed by atoms with E-state index in [2.05, 4.69) is 9.46 Å². The summed E-state index contributed by atoms with van der Waals surface area (Å²) in [4.78, 5) is 11.3. The molecule has 0 unspecified atom stereocenters. The van der Waals surface area contributed by atoms with E-state index >= 15 is 0 Å². The molecule has 1 aromatic rings. The van der Waals surface area contributed by atoms with Crippen LogP contribution in [0.2, 0.25) is 5.02 Å². The molecule has 0 bridgehead atoms. The number of hydrogen-bond donors (Lipinski definition) is 2. The number of methoxy groups -OCH3 is 1. The largest absolute Gasteiger partial charge is 0.465 e. The lowest BCUT2D eigenvalue weighted by Gasteiger charge is -2.24. The number of nitrogens with one attached hydrogen (secondary N) is 1. The molecular formula is C12H17ClN2O4S. The van der Waals surface area contributed by atoms with E-state index in [1.165, 1.54) is 25.3 Å². The first-order valence-electron chi connectivity index (χ1n) is 5.75. The predicted molar refractivity (Wildman–Crippen MR) is 76.2 cm³/mol. The number of halogens is 1. The van der Waals surface area contributed by atoms with Gasteiger partial charge in [0.1, 0.15) is 0 Å². The van der Waals surface area contributed by atoms with Gasteiger partial charge in [-0.3, -0.25) is 0 Å². The van der Waals surface area contributed by atoms with Gasteiger partial charge in [-0.1, -0.05) is 11.6 Å². The molecule has 0 saturated heterocycles. The van der Waals surface area contributed by atoms with Gasteiger partial charge in [-0.2, -0.15) is 0 Å². The minimum Gasteiger partial charge on any atom is -0.465 e. The average molecular weight is 321 g/mol. The van der Waals surface area contributed by atoms with Crippen LogP contribution < -0.4 is 10.5 Å². The third kappa shape index (κ3) is 3.92. The summed E-state index contributed by atoms with van der Waals surface area (Å²) >= 11 is 5.90. The highest BCUT2D eigenvalue weighted by molar-refractivity contribution is 7.89. The Kier molecular flexibility index (Phi) is 5.15. The molecule has 112 valence electrons. The molecule has 0 fully saturated rings. The molecule has 0 aliphatic rings. The van der Waals surface area contributed by atoms with Crippen LogP contribution in [0, 0.1) is 0 Å². The van der Waals surface area contributed by atoms with Crippen molar-refractivity contribution in [2.24, 2.45) is 5.73 Å². The Morgan fingerprint density at radius 1 is 1.45 bits per heavy atom. The zero-order valence-corrected chi connectivity index (χ0v) is 13.0. The van der Waals surface area contributed by atoms with E-state index < -0.39 is 21.5 Å². The topological polar surface area (TPSA) is 98.5 Å². The van der Waals surface area contributed by atoms with Crippen LogP contribution in [0.3, 0.4) is 0 Å². The van der Waals surface area contributed by atoms with E-state index in [0.717, 1.165) is 0 Å². The molecule has 0 atom stereocenters. The van der Waals surface area contributed by atoms with Crippen LogP contribution >= 0.6 is 11.6 Å². The van der Waals surface area contributed by atoms with Gasteiger partial charge in [0.05, 0.1) is 22.6 Å². The highest BCUT2D eigenvalue weighted by Gasteiger charge is 2.25. The Hall–Kier alpha value is -1.15. The van der Waals surface area contributed by atoms with Crippen LogP contribution in [0.25, 0.3) is 0 Å². The van der Waals surface area contributed by atoms with Crippen LogP contribution in [-0.2, 0) is 14.8 Å². The molecule has 0 amide bonds. The normalized spacial score (nSPS) is 12.2. The van der Waals surface area contributed by atoms with Gasteiger partial charge in [-0.25, -0.2) is 17.9 Å². The number of ether oxygens (including phenoxy) is 1. The van der Waals surface area contributed by atoms with E-state index in [-0.39, 0.29) is 22.0 Å². The molecule has 0 heterocycles. The summed E-state index contributed by atoms with van der Waals surface area (Å²) in [5.41, 5.74) is 4.81. The fourth-order valence-electron chi connectivity index (χ4n) is 1.40. The number of carbonyl (C=O) groups is 1. The first-order chi connectivity index (χ1) is 9.13. The van der Waals surface area contributed by atoms with Gasteiger partial charge in [-0.05, 0) is 32.0 Å². The fourth-order valence-corrected chi connectivity index (χ4v) is 3.17. The van der Waals surface area contributed by atoms with Gasteiger partial charge < -0.3 is 10.5 Å². The van der Waals surface area contributed by atoms with Gasteiger partial charge >= 0.3 is 5.97 Å². The second kappa shape index (κ2) is 6.09. The summed E-state index contributed by atoms with van der Waals surface area (Å²) in [6, 6.07) is 3.79. The molecule has 0 aliphatic carbocycles. The van der Waals surface area contributed by atoms with Crippen molar-refractivity contribution >= 4 is 27.6 Å². The summed E-state index contributed by atoms with van der Waals surface area (Å²) in [6.07, 6.45) is 0. The van der Waals surface area contributed by atoms with Gasteiger partial charge in [0.15, 0.2) is 0 Å². The number of sulfonamides is 1. The number of rotatable bonds is 5. The Balaban J connectivity index is 3.16. The first-order valence-corrected chi connectivity index (χ1v) is 7.61. The maximum absolute atomic E-state index is 12.2. The monoisotopic (exact) mass is 320 g/mol. The van der Waals surface area contributed by atoms with Crippen molar-refractivity contribution in [3.05, 3.63) is 28.8 Å². The first kappa shape index (κ1) is 16.9. The van der Waals surface area contributed by atoms with Crippen molar-refractivity contribution in [3.63, 3.8) is 0 Å². The number of benzene rings is 1. The maximum Gasteiger partial charge on any atom is 0.339 e. The minimum absolute atomic E-state index is 0.00489. The molecule has 8 heteroatoms. The fraction of sp³-hybridized carbons (Fsp3) is 0.417. The van der Waals surface area contributed by atoms with Crippen molar-refractivity contribution < 1.29 is 17.9 Å². The quantitative estimate of drug-likeness (QED) is 0.793. The summed E-state index contributed by atoms with van der Waals surface area (Å²) in [6.45, 7) is 3.46. The van der Waals surface area contributed by atoms with Crippen LogP contribution in [-0.4, -0.2) is 33.6 Å². The van der Waals surface area contributed by atoms with E-state index in [9.17, 15) is 13.2 Å². The van der Waals surface area contributed by atoms with Gasteiger partial charge in [-0.15, -0.1) is 0 Å². The number of nitrogens with two attached hydrogens (primary N) is 1. The Morgan fingerprint density at radius 2 is 2.05 bits per heavy atom. The zero-order valence-electron chi connectivity index (χ0n) is 11.4. The van der Waals surface area contributed by atoms with Crippen LogP contribution in [0.1, 0.15) is 24.2 Å². The van der Waals surface area contributed by atoms with E-state index in [1.807, 2.05) is 0 Å². The van der Waals surface area contributed by atoms with E-state index in [4.69, 9.17) is 17.3 Å². The van der Waals surface area contributed by atoms with Crippen molar-refractivity contribution in [1.29, 1.82) is 0 Å². The standard InChI is InChI=1S/C12H17ClN2O4S/c1-12(2,7-14)15-20(17,18)8-4-5-9(10(13)6-8)11(16)19-3/h4-6,15H,7,14H2,1-3H3. The van der Waals surface area contributed by atoms with Crippen molar-refractivity contribution in [2.45, 2.75) is 24.3 Å². The lowest BCUT2D eigenvalue weighted by Crippen LogP contribution is -2.48. The lowest BCUT2D eigenvalue weighted by molar-refractivity contribution is 0.0601. The summed E-state index contributed by atoms with van der Waals surface area (Å²) in [7, 11) is -2.55. The summed E-state index contributed by atoms with van der Waals surface area (Å²) < 4.78 is 31.3. The predicted octanol–water partition coefficient (Wildman–Crippen LogP) is 1.14. The molecule has 0 spiro atoms.